The van der Waals surface area contributed by atoms with Crippen LogP contribution in [0.3, 0.4) is 0 Å². The number of carbonyl (C=O) groups excluding carboxylic acids is 1. The number of anilines is 1. The Morgan fingerprint density at radius 3 is 2.60 bits per heavy atom. The van der Waals surface area contributed by atoms with E-state index in [0.29, 0.717) is 22.7 Å². The number of carbonyl (C=O) groups is 1. The zero-order chi connectivity index (χ0) is 18.1. The molecule has 0 aliphatic heterocycles. The molecule has 1 amide bonds. The van der Waals surface area contributed by atoms with Crippen molar-refractivity contribution < 1.29 is 14.3 Å². The van der Waals surface area contributed by atoms with E-state index in [-0.39, 0.29) is 17.6 Å². The lowest BCUT2D eigenvalue weighted by molar-refractivity contribution is -0.118. The maximum Gasteiger partial charge on any atom is 0.262 e. The molecule has 0 fully saturated rings. The van der Waals surface area contributed by atoms with Crippen molar-refractivity contribution in [3.8, 4) is 11.5 Å². The number of nitrogens with two attached hydrogens (primary N) is 1. The van der Waals surface area contributed by atoms with E-state index in [1.807, 2.05) is 12.1 Å². The number of para-hydroxylation sites is 3. The molecule has 2 rings (SSSR count). The standard InChI is InChI=1S/C17H18N4O3S/c1-23-15-9-5-3-7-13(15)20-16(22)11-24-14-8-4-2-6-12(14)10-19-21-17(18)25/h2-10H,11H2,1H3,(H,20,22)(H3,18,21,25)/b19-10+. The van der Waals surface area contributed by atoms with E-state index >= 15 is 0 Å². The van der Waals surface area contributed by atoms with Gasteiger partial charge in [-0.1, -0.05) is 24.3 Å². The van der Waals surface area contributed by atoms with Gasteiger partial charge < -0.3 is 20.5 Å². The van der Waals surface area contributed by atoms with Gasteiger partial charge in [0.15, 0.2) is 11.7 Å². The number of hydrogen-bond donors (Lipinski definition) is 3. The normalized spacial score (nSPS) is 10.3. The quantitative estimate of drug-likeness (QED) is 0.397. The second kappa shape index (κ2) is 9.24. The van der Waals surface area contributed by atoms with Gasteiger partial charge in [0.1, 0.15) is 11.5 Å². The molecule has 0 heterocycles. The molecule has 0 aliphatic carbocycles. The minimum absolute atomic E-state index is 0.0610. The summed E-state index contributed by atoms with van der Waals surface area (Å²) in [4.78, 5) is 12.1. The van der Waals surface area contributed by atoms with Crippen LogP contribution in [0.2, 0.25) is 0 Å². The smallest absolute Gasteiger partial charge is 0.262 e. The zero-order valence-electron chi connectivity index (χ0n) is 13.6. The van der Waals surface area contributed by atoms with E-state index in [1.54, 1.807) is 36.4 Å². The van der Waals surface area contributed by atoms with Gasteiger partial charge in [-0.2, -0.15) is 5.10 Å². The SMILES string of the molecule is COc1ccccc1NC(=O)COc1ccccc1/C=N/NC(N)=S. The molecule has 0 saturated carbocycles. The summed E-state index contributed by atoms with van der Waals surface area (Å²) in [5.74, 6) is 0.774. The molecule has 7 nitrogen and oxygen atoms in total. The number of hydrazone groups is 1. The van der Waals surface area contributed by atoms with E-state index in [2.05, 4.69) is 28.1 Å². The minimum atomic E-state index is -0.308. The number of benzene rings is 2. The van der Waals surface area contributed by atoms with Crippen molar-refractivity contribution in [2.75, 3.05) is 19.0 Å². The predicted molar refractivity (Wildman–Crippen MR) is 101 cm³/mol. The highest BCUT2D eigenvalue weighted by Crippen LogP contribution is 2.23. The van der Waals surface area contributed by atoms with Gasteiger partial charge in [-0.05, 0) is 36.5 Å². The van der Waals surface area contributed by atoms with Gasteiger partial charge >= 0.3 is 0 Å². The lowest BCUT2D eigenvalue weighted by Crippen LogP contribution is -2.24. The number of ether oxygens (including phenoxy) is 2. The Hall–Kier alpha value is -3.13. The Bertz CT molecular complexity index is 780. The summed E-state index contributed by atoms with van der Waals surface area (Å²) >= 11 is 4.67. The second-order valence-electron chi connectivity index (χ2n) is 4.81. The molecule has 0 aliphatic rings. The largest absolute Gasteiger partial charge is 0.495 e. The molecule has 0 spiro atoms. The predicted octanol–water partition coefficient (Wildman–Crippen LogP) is 1.88. The fourth-order valence-electron chi connectivity index (χ4n) is 1.96. The molecule has 8 heteroatoms. The average molecular weight is 358 g/mol. The van der Waals surface area contributed by atoms with Crippen LogP contribution in [-0.4, -0.2) is 31.0 Å². The molecule has 25 heavy (non-hydrogen) atoms. The molecule has 130 valence electrons. The van der Waals surface area contributed by atoms with Crippen LogP contribution >= 0.6 is 12.2 Å². The molecule has 2 aromatic rings. The summed E-state index contributed by atoms with van der Waals surface area (Å²) in [5, 5.41) is 6.68. The van der Waals surface area contributed by atoms with Gasteiger partial charge in [0.05, 0.1) is 19.0 Å². The number of thiocarbonyl (C=S) groups is 1. The van der Waals surface area contributed by atoms with Crippen LogP contribution in [0.1, 0.15) is 5.56 Å². The van der Waals surface area contributed by atoms with Crippen LogP contribution in [0.15, 0.2) is 53.6 Å². The summed E-state index contributed by atoms with van der Waals surface area (Å²) < 4.78 is 10.8. The summed E-state index contributed by atoms with van der Waals surface area (Å²) in [6.07, 6.45) is 1.51. The topological polar surface area (TPSA) is 98.0 Å². The third-order valence-electron chi connectivity index (χ3n) is 3.04. The van der Waals surface area contributed by atoms with Crippen LogP contribution in [0.4, 0.5) is 5.69 Å². The third-order valence-corrected chi connectivity index (χ3v) is 3.13. The monoisotopic (exact) mass is 358 g/mol. The van der Waals surface area contributed by atoms with E-state index in [0.717, 1.165) is 0 Å². The van der Waals surface area contributed by atoms with Crippen molar-refractivity contribution in [2.45, 2.75) is 0 Å². The maximum absolute atomic E-state index is 12.1. The van der Waals surface area contributed by atoms with Gasteiger partial charge in [0.2, 0.25) is 0 Å². The van der Waals surface area contributed by atoms with Crippen LogP contribution in [-0.2, 0) is 4.79 Å². The zero-order valence-corrected chi connectivity index (χ0v) is 14.4. The number of nitrogens with zero attached hydrogens (tertiary/aromatic N) is 1. The number of rotatable bonds is 7. The lowest BCUT2D eigenvalue weighted by Gasteiger charge is -2.11. The fourth-order valence-corrected chi connectivity index (χ4v) is 2.01. The average Bonchev–Trinajstić information content (AvgIpc) is 2.61. The molecular formula is C17H18N4O3S. The summed E-state index contributed by atoms with van der Waals surface area (Å²) in [6.45, 7) is -0.161. The first kappa shape index (κ1) is 18.2. The summed E-state index contributed by atoms with van der Waals surface area (Å²) in [5.41, 5.74) is 9.02. The molecule has 2 aromatic carbocycles. The highest BCUT2D eigenvalue weighted by molar-refractivity contribution is 7.80. The molecular weight excluding hydrogens is 340 g/mol. The Morgan fingerprint density at radius 1 is 1.20 bits per heavy atom. The maximum atomic E-state index is 12.1. The number of methoxy groups -OCH3 is 1. The minimum Gasteiger partial charge on any atom is -0.495 e. The Morgan fingerprint density at radius 2 is 1.88 bits per heavy atom. The van der Waals surface area contributed by atoms with Crippen molar-refractivity contribution in [1.82, 2.24) is 5.43 Å². The molecule has 0 radical (unpaired) electrons. The molecule has 0 aromatic heterocycles. The molecule has 4 N–H and O–H groups in total. The van der Waals surface area contributed by atoms with Crippen LogP contribution in [0, 0.1) is 0 Å². The fraction of sp³-hybridized carbons (Fsp3) is 0.118. The molecule has 0 atom stereocenters. The number of nitrogens with one attached hydrogen (secondary N) is 2. The summed E-state index contributed by atoms with van der Waals surface area (Å²) in [6, 6.07) is 14.3. The van der Waals surface area contributed by atoms with Crippen molar-refractivity contribution in [3.05, 3.63) is 54.1 Å². The Labute approximate surface area is 150 Å². The van der Waals surface area contributed by atoms with E-state index < -0.39 is 0 Å². The molecule has 0 bridgehead atoms. The lowest BCUT2D eigenvalue weighted by atomic mass is 10.2. The number of hydrogen-bond acceptors (Lipinski definition) is 5. The first-order valence-corrected chi connectivity index (χ1v) is 7.74. The highest BCUT2D eigenvalue weighted by Gasteiger charge is 2.09. The van der Waals surface area contributed by atoms with E-state index in [4.69, 9.17) is 15.2 Å². The van der Waals surface area contributed by atoms with Crippen LogP contribution in [0.5, 0.6) is 11.5 Å². The van der Waals surface area contributed by atoms with Gasteiger partial charge in [-0.15, -0.1) is 0 Å². The van der Waals surface area contributed by atoms with Crippen LogP contribution in [0.25, 0.3) is 0 Å². The van der Waals surface area contributed by atoms with Crippen molar-refractivity contribution >= 4 is 35.1 Å². The second-order valence-corrected chi connectivity index (χ2v) is 5.25. The van der Waals surface area contributed by atoms with E-state index in [9.17, 15) is 4.79 Å². The third kappa shape index (κ3) is 5.78. The van der Waals surface area contributed by atoms with E-state index in [1.165, 1.54) is 13.3 Å². The Kier molecular flexibility index (Phi) is 6.73. The van der Waals surface area contributed by atoms with Crippen LogP contribution < -0.4 is 25.9 Å². The first-order valence-electron chi connectivity index (χ1n) is 7.33. The highest BCUT2D eigenvalue weighted by atomic mass is 32.1. The van der Waals surface area contributed by atoms with Gasteiger partial charge in [-0.3, -0.25) is 10.2 Å². The van der Waals surface area contributed by atoms with Crippen molar-refractivity contribution in [1.29, 1.82) is 0 Å². The van der Waals surface area contributed by atoms with Crippen molar-refractivity contribution in [3.63, 3.8) is 0 Å². The summed E-state index contributed by atoms with van der Waals surface area (Å²) in [7, 11) is 1.54. The van der Waals surface area contributed by atoms with Gasteiger partial charge in [-0.25, -0.2) is 0 Å². The Balaban J connectivity index is 1.98. The van der Waals surface area contributed by atoms with Gasteiger partial charge in [0.25, 0.3) is 5.91 Å². The molecule has 0 saturated heterocycles. The van der Waals surface area contributed by atoms with Gasteiger partial charge in [0, 0.05) is 5.56 Å². The number of amides is 1. The van der Waals surface area contributed by atoms with Crippen molar-refractivity contribution in [2.24, 2.45) is 10.8 Å². The first-order chi connectivity index (χ1) is 12.1. The molecule has 0 unspecified atom stereocenters.